The van der Waals surface area contributed by atoms with Gasteiger partial charge in [-0.3, -0.25) is 9.59 Å². The van der Waals surface area contributed by atoms with Gasteiger partial charge in [0.05, 0.1) is 5.57 Å². The Morgan fingerprint density at radius 1 is 1.21 bits per heavy atom. The number of hydrogen-bond acceptors (Lipinski definition) is 3. The van der Waals surface area contributed by atoms with Gasteiger partial charge in [0.2, 0.25) is 5.91 Å². The van der Waals surface area contributed by atoms with Gasteiger partial charge < -0.3 is 20.9 Å². The molecule has 0 saturated carbocycles. The molecule has 1 aromatic heterocycles. The van der Waals surface area contributed by atoms with Gasteiger partial charge in [0, 0.05) is 42.1 Å². The van der Waals surface area contributed by atoms with Crippen molar-refractivity contribution < 1.29 is 9.59 Å². The van der Waals surface area contributed by atoms with Crippen LogP contribution in [0, 0.1) is 13.8 Å². The fourth-order valence-electron chi connectivity index (χ4n) is 3.88. The third kappa shape index (κ3) is 4.02. The molecule has 4 N–H and O–H groups in total. The van der Waals surface area contributed by atoms with Crippen molar-refractivity contribution in [3.63, 3.8) is 0 Å². The van der Waals surface area contributed by atoms with Gasteiger partial charge in [0.25, 0.3) is 5.91 Å². The van der Waals surface area contributed by atoms with Crippen molar-refractivity contribution in [3.8, 4) is 0 Å². The summed E-state index contributed by atoms with van der Waals surface area (Å²) in [4.78, 5) is 28.0. The van der Waals surface area contributed by atoms with E-state index >= 15 is 0 Å². The van der Waals surface area contributed by atoms with Gasteiger partial charge in [-0.2, -0.15) is 0 Å². The molecule has 148 valence electrons. The number of carbonyl (C=O) groups excluding carboxylic acids is 2. The number of para-hydroxylation sites is 1. The van der Waals surface area contributed by atoms with E-state index in [2.05, 4.69) is 27.9 Å². The molecule has 28 heavy (non-hydrogen) atoms. The van der Waals surface area contributed by atoms with Crippen LogP contribution in [0.25, 0.3) is 11.6 Å². The summed E-state index contributed by atoms with van der Waals surface area (Å²) in [6.45, 7) is 7.50. The first-order valence-electron chi connectivity index (χ1n) is 9.65. The lowest BCUT2D eigenvalue weighted by Gasteiger charge is -2.13. The van der Waals surface area contributed by atoms with E-state index in [1.165, 1.54) is 0 Å². The second kappa shape index (κ2) is 8.44. The first kappa shape index (κ1) is 19.9. The molecule has 0 saturated heterocycles. The average Bonchev–Trinajstić information content (AvgIpc) is 3.11. The molecule has 3 rings (SSSR count). The minimum Gasteiger partial charge on any atom is -0.359 e. The minimum atomic E-state index is -0.0913. The lowest BCUT2D eigenvalue weighted by atomic mass is 9.93. The summed E-state index contributed by atoms with van der Waals surface area (Å²) in [6, 6.07) is 7.69. The molecule has 0 radical (unpaired) electrons. The second-order valence-corrected chi connectivity index (χ2v) is 7.32. The standard InChI is InChI=1S/C22H28N4O2/c1-13(11-20(27)24-10-9-23-4)21-14(2)19(25-15(21)3)12-17-16-7-5-6-8-18(16)26-22(17)28/h5-8,12-13,23,25H,9-11H2,1-4H3,(H,24,27)(H,26,28). The topological polar surface area (TPSA) is 86.0 Å². The van der Waals surface area contributed by atoms with E-state index in [0.717, 1.165) is 40.3 Å². The summed E-state index contributed by atoms with van der Waals surface area (Å²) in [5.41, 5.74) is 6.58. The molecule has 1 atom stereocenters. The number of carbonyl (C=O) groups is 2. The highest BCUT2D eigenvalue weighted by Gasteiger charge is 2.25. The van der Waals surface area contributed by atoms with Crippen LogP contribution < -0.4 is 16.0 Å². The molecule has 1 aromatic carbocycles. The third-order valence-corrected chi connectivity index (χ3v) is 5.21. The van der Waals surface area contributed by atoms with Crippen molar-refractivity contribution in [1.29, 1.82) is 0 Å². The van der Waals surface area contributed by atoms with Crippen molar-refractivity contribution in [2.24, 2.45) is 0 Å². The molecule has 1 aliphatic heterocycles. The molecular formula is C22H28N4O2. The number of aryl methyl sites for hydroxylation is 1. The fraction of sp³-hybridized carbons (Fsp3) is 0.364. The van der Waals surface area contributed by atoms with Crippen LogP contribution in [0.5, 0.6) is 0 Å². The van der Waals surface area contributed by atoms with Crippen LogP contribution in [0.3, 0.4) is 0 Å². The van der Waals surface area contributed by atoms with E-state index in [0.29, 0.717) is 18.5 Å². The lowest BCUT2D eigenvalue weighted by molar-refractivity contribution is -0.121. The number of rotatable bonds is 7. The van der Waals surface area contributed by atoms with Crippen LogP contribution >= 0.6 is 0 Å². The number of likely N-dealkylation sites (N-methyl/N-ethyl adjacent to an activating group) is 1. The number of amides is 2. The number of H-pyrrole nitrogens is 1. The number of nitrogens with one attached hydrogen (secondary N) is 4. The zero-order chi connectivity index (χ0) is 20.3. The number of hydrogen-bond donors (Lipinski definition) is 4. The highest BCUT2D eigenvalue weighted by atomic mass is 16.2. The van der Waals surface area contributed by atoms with Crippen molar-refractivity contribution in [3.05, 3.63) is 52.3 Å². The summed E-state index contributed by atoms with van der Waals surface area (Å²) in [6.07, 6.45) is 2.34. The SMILES string of the molecule is CNCCNC(=O)CC(C)c1c(C)[nH]c(C=C2C(=O)Nc3ccccc32)c1C. The van der Waals surface area contributed by atoms with Gasteiger partial charge in [-0.05, 0) is 50.1 Å². The monoisotopic (exact) mass is 380 g/mol. The molecule has 2 aromatic rings. The van der Waals surface area contributed by atoms with E-state index in [9.17, 15) is 9.59 Å². The maximum Gasteiger partial charge on any atom is 0.256 e. The van der Waals surface area contributed by atoms with E-state index in [-0.39, 0.29) is 17.7 Å². The fourth-order valence-corrected chi connectivity index (χ4v) is 3.88. The van der Waals surface area contributed by atoms with Gasteiger partial charge in [-0.15, -0.1) is 0 Å². The molecule has 1 unspecified atom stereocenters. The van der Waals surface area contributed by atoms with E-state index < -0.39 is 0 Å². The Bertz CT molecular complexity index is 927. The number of aromatic amines is 1. The van der Waals surface area contributed by atoms with E-state index in [1.54, 1.807) is 0 Å². The largest absolute Gasteiger partial charge is 0.359 e. The van der Waals surface area contributed by atoms with Gasteiger partial charge in [-0.25, -0.2) is 0 Å². The predicted octanol–water partition coefficient (Wildman–Crippen LogP) is 2.95. The average molecular weight is 380 g/mol. The van der Waals surface area contributed by atoms with Crippen molar-refractivity contribution in [1.82, 2.24) is 15.6 Å². The van der Waals surface area contributed by atoms with Crippen LogP contribution in [0.15, 0.2) is 24.3 Å². The van der Waals surface area contributed by atoms with Crippen molar-refractivity contribution >= 4 is 29.2 Å². The smallest absolute Gasteiger partial charge is 0.256 e. The van der Waals surface area contributed by atoms with Crippen molar-refractivity contribution in [2.45, 2.75) is 33.1 Å². The summed E-state index contributed by atoms with van der Waals surface area (Å²) in [5, 5.41) is 8.85. The number of benzene rings is 1. The summed E-state index contributed by atoms with van der Waals surface area (Å²) < 4.78 is 0. The van der Waals surface area contributed by atoms with Crippen molar-refractivity contribution in [2.75, 3.05) is 25.5 Å². The first-order valence-corrected chi connectivity index (χ1v) is 9.65. The zero-order valence-electron chi connectivity index (χ0n) is 16.9. The lowest BCUT2D eigenvalue weighted by Crippen LogP contribution is -2.31. The maximum absolute atomic E-state index is 12.4. The highest BCUT2D eigenvalue weighted by Crippen LogP contribution is 2.35. The quantitative estimate of drug-likeness (QED) is 0.440. The second-order valence-electron chi connectivity index (χ2n) is 7.32. The summed E-state index contributed by atoms with van der Waals surface area (Å²) >= 11 is 0. The Kier molecular flexibility index (Phi) is 5.99. The summed E-state index contributed by atoms with van der Waals surface area (Å²) in [5.74, 6) is 0.0424. The van der Waals surface area contributed by atoms with Crippen LogP contribution in [0.2, 0.25) is 0 Å². The number of fused-ring (bicyclic) bond motifs is 1. The number of anilines is 1. The molecule has 0 fully saturated rings. The predicted molar refractivity (Wildman–Crippen MR) is 113 cm³/mol. The molecule has 0 bridgehead atoms. The van der Waals surface area contributed by atoms with Crippen LogP contribution in [-0.2, 0) is 9.59 Å². The van der Waals surface area contributed by atoms with Gasteiger partial charge in [0.1, 0.15) is 0 Å². The van der Waals surface area contributed by atoms with Gasteiger partial charge >= 0.3 is 0 Å². The molecule has 2 heterocycles. The molecule has 0 aliphatic carbocycles. The minimum absolute atomic E-state index is 0.0479. The van der Waals surface area contributed by atoms with Crippen LogP contribution in [-0.4, -0.2) is 36.9 Å². The highest BCUT2D eigenvalue weighted by molar-refractivity contribution is 6.34. The Morgan fingerprint density at radius 3 is 2.71 bits per heavy atom. The molecule has 0 spiro atoms. The Balaban J connectivity index is 1.83. The maximum atomic E-state index is 12.4. The van der Waals surface area contributed by atoms with E-state index in [4.69, 9.17) is 0 Å². The third-order valence-electron chi connectivity index (χ3n) is 5.21. The normalized spacial score (nSPS) is 15.4. The van der Waals surface area contributed by atoms with E-state index in [1.807, 2.05) is 51.2 Å². The Hall–Kier alpha value is -2.86. The van der Waals surface area contributed by atoms with Crippen LogP contribution in [0.1, 0.15) is 47.3 Å². The zero-order valence-corrected chi connectivity index (χ0v) is 16.9. The molecular weight excluding hydrogens is 352 g/mol. The Labute approximate surface area is 165 Å². The first-order chi connectivity index (χ1) is 13.4. The number of aromatic nitrogens is 1. The molecule has 2 amide bonds. The summed E-state index contributed by atoms with van der Waals surface area (Å²) in [7, 11) is 1.86. The van der Waals surface area contributed by atoms with Gasteiger partial charge in [0.15, 0.2) is 0 Å². The van der Waals surface area contributed by atoms with Gasteiger partial charge in [-0.1, -0.05) is 25.1 Å². The molecule has 1 aliphatic rings. The molecule has 6 nitrogen and oxygen atoms in total. The Morgan fingerprint density at radius 2 is 1.96 bits per heavy atom. The van der Waals surface area contributed by atoms with Crippen LogP contribution in [0.4, 0.5) is 5.69 Å². The molecule has 6 heteroatoms.